The van der Waals surface area contributed by atoms with Crippen LogP contribution in [0.25, 0.3) is 27.7 Å². The van der Waals surface area contributed by atoms with Crippen molar-refractivity contribution >= 4 is 39.9 Å². The van der Waals surface area contributed by atoms with Gasteiger partial charge in [0.05, 0.1) is 16.6 Å². The summed E-state index contributed by atoms with van der Waals surface area (Å²) in [6, 6.07) is 6.75. The third-order valence-electron chi connectivity index (χ3n) is 6.82. The molecule has 1 N–H and O–H groups in total. The molecule has 4 aromatic rings. The lowest BCUT2D eigenvalue weighted by atomic mass is 9.95. The lowest BCUT2D eigenvalue weighted by Gasteiger charge is -2.41. The van der Waals surface area contributed by atoms with E-state index in [-0.39, 0.29) is 39.6 Å². The molecule has 6 rings (SSSR count). The van der Waals surface area contributed by atoms with E-state index in [0.717, 1.165) is 12.8 Å². The molecule has 0 unspecified atom stereocenters. The summed E-state index contributed by atoms with van der Waals surface area (Å²) in [5, 5.41) is 17.1. The third-order valence-corrected chi connectivity index (χ3v) is 7.11. The molecule has 12 heteroatoms. The topological polar surface area (TPSA) is 99.2 Å². The standard InChI is InChI=1S/C25H19ClF3N7O/c1-11-18(14-6-7-31-20-15(14)4-5-17(26)19(20)27)25(35-9-12(10-35)24(37)33-13-2-3-13)36-23(32-11)16(8-30)21(34-36)22(28)29/h4-7,12-13,22H,2-3,9-10H2,1H3,(H,33,37). The quantitative estimate of drug-likeness (QED) is 0.410. The van der Waals surface area contributed by atoms with Crippen LogP contribution in [0.2, 0.25) is 5.02 Å². The van der Waals surface area contributed by atoms with E-state index in [1.54, 1.807) is 25.1 Å². The van der Waals surface area contributed by atoms with Crippen molar-refractivity contribution in [3.05, 3.63) is 52.2 Å². The monoisotopic (exact) mass is 525 g/mol. The van der Waals surface area contributed by atoms with Gasteiger partial charge in [-0.05, 0) is 37.5 Å². The van der Waals surface area contributed by atoms with Gasteiger partial charge < -0.3 is 10.2 Å². The number of aryl methyl sites for hydroxylation is 1. The van der Waals surface area contributed by atoms with Crippen LogP contribution in [0.3, 0.4) is 0 Å². The van der Waals surface area contributed by atoms with Crippen molar-refractivity contribution in [1.82, 2.24) is 24.9 Å². The summed E-state index contributed by atoms with van der Waals surface area (Å²) < 4.78 is 43.7. The van der Waals surface area contributed by atoms with Crippen LogP contribution in [-0.4, -0.2) is 44.6 Å². The molecule has 0 bridgehead atoms. The number of anilines is 1. The molecule has 1 amide bonds. The number of hydrogen-bond donors (Lipinski definition) is 1. The average molecular weight is 526 g/mol. The maximum atomic E-state index is 14.8. The Labute approximate surface area is 213 Å². The van der Waals surface area contributed by atoms with Crippen LogP contribution < -0.4 is 10.2 Å². The van der Waals surface area contributed by atoms with Crippen LogP contribution in [0, 0.1) is 30.0 Å². The second-order valence-corrected chi connectivity index (χ2v) is 9.71. The number of halogens is 4. The summed E-state index contributed by atoms with van der Waals surface area (Å²) in [5.41, 5.74) is 0.533. The maximum Gasteiger partial charge on any atom is 0.283 e. The van der Waals surface area contributed by atoms with Gasteiger partial charge in [-0.2, -0.15) is 14.9 Å². The molecular formula is C25H19ClF3N7O. The normalized spacial score (nSPS) is 15.9. The third kappa shape index (κ3) is 3.74. The highest BCUT2D eigenvalue weighted by Gasteiger charge is 2.39. The molecule has 8 nitrogen and oxygen atoms in total. The fraction of sp³-hybridized carbons (Fsp3) is 0.320. The number of hydrogen-bond acceptors (Lipinski definition) is 6. The number of benzene rings is 1. The molecule has 2 fully saturated rings. The number of rotatable bonds is 5. The molecule has 1 saturated heterocycles. The Morgan fingerprint density at radius 2 is 2.03 bits per heavy atom. The van der Waals surface area contributed by atoms with Crippen molar-refractivity contribution in [2.24, 2.45) is 5.92 Å². The predicted octanol–water partition coefficient (Wildman–Crippen LogP) is 4.57. The Morgan fingerprint density at radius 1 is 1.27 bits per heavy atom. The molecular weight excluding hydrogens is 507 g/mol. The van der Waals surface area contributed by atoms with Crippen molar-refractivity contribution in [3.63, 3.8) is 0 Å². The van der Waals surface area contributed by atoms with Crippen molar-refractivity contribution in [3.8, 4) is 17.2 Å². The van der Waals surface area contributed by atoms with E-state index in [1.807, 2.05) is 4.90 Å². The number of nitrogens with zero attached hydrogens (tertiary/aromatic N) is 6. The minimum Gasteiger partial charge on any atom is -0.354 e. The number of nitrogens with one attached hydrogen (secondary N) is 1. The zero-order chi connectivity index (χ0) is 26.0. The number of alkyl halides is 2. The molecule has 3 aromatic heterocycles. The first-order valence-corrected chi connectivity index (χ1v) is 12.1. The van der Waals surface area contributed by atoms with Gasteiger partial charge in [0.25, 0.3) is 6.43 Å². The van der Waals surface area contributed by atoms with Gasteiger partial charge in [-0.3, -0.25) is 9.78 Å². The Kier molecular flexibility index (Phi) is 5.45. The Bertz CT molecular complexity index is 1640. The van der Waals surface area contributed by atoms with E-state index in [1.165, 1.54) is 16.8 Å². The molecule has 1 aliphatic carbocycles. The summed E-state index contributed by atoms with van der Waals surface area (Å²) in [7, 11) is 0. The average Bonchev–Trinajstić information content (AvgIpc) is 3.57. The number of aromatic nitrogens is 4. The maximum absolute atomic E-state index is 14.8. The van der Waals surface area contributed by atoms with Crippen LogP contribution in [0.15, 0.2) is 24.4 Å². The summed E-state index contributed by atoms with van der Waals surface area (Å²) in [4.78, 5) is 23.1. The largest absolute Gasteiger partial charge is 0.354 e. The Morgan fingerprint density at radius 3 is 2.70 bits per heavy atom. The number of carbonyl (C=O) groups is 1. The Hall–Kier alpha value is -3.91. The predicted molar refractivity (Wildman–Crippen MR) is 130 cm³/mol. The van der Waals surface area contributed by atoms with Gasteiger partial charge in [-0.1, -0.05) is 17.7 Å². The fourth-order valence-electron chi connectivity index (χ4n) is 4.77. The van der Waals surface area contributed by atoms with Crippen molar-refractivity contribution < 1.29 is 18.0 Å². The lowest BCUT2D eigenvalue weighted by Crippen LogP contribution is -2.54. The van der Waals surface area contributed by atoms with Crippen LogP contribution in [-0.2, 0) is 4.79 Å². The molecule has 188 valence electrons. The van der Waals surface area contributed by atoms with Crippen LogP contribution in [0.5, 0.6) is 0 Å². The van der Waals surface area contributed by atoms with Gasteiger partial charge in [0, 0.05) is 36.3 Å². The van der Waals surface area contributed by atoms with Crippen molar-refractivity contribution in [2.45, 2.75) is 32.2 Å². The van der Waals surface area contributed by atoms with Crippen molar-refractivity contribution in [2.75, 3.05) is 18.0 Å². The van der Waals surface area contributed by atoms with E-state index in [2.05, 4.69) is 20.4 Å². The zero-order valence-corrected chi connectivity index (χ0v) is 20.2. The summed E-state index contributed by atoms with van der Waals surface area (Å²) in [6.45, 7) is 2.32. The van der Waals surface area contributed by atoms with E-state index in [9.17, 15) is 23.2 Å². The van der Waals surface area contributed by atoms with Gasteiger partial charge >= 0.3 is 0 Å². The molecule has 2 aliphatic rings. The van der Waals surface area contributed by atoms with Crippen LogP contribution >= 0.6 is 11.6 Å². The molecule has 1 aliphatic heterocycles. The second-order valence-electron chi connectivity index (χ2n) is 9.30. The van der Waals surface area contributed by atoms with E-state index < -0.39 is 17.9 Å². The molecule has 4 heterocycles. The van der Waals surface area contributed by atoms with E-state index in [4.69, 9.17) is 11.6 Å². The smallest absolute Gasteiger partial charge is 0.283 e. The lowest BCUT2D eigenvalue weighted by molar-refractivity contribution is -0.125. The zero-order valence-electron chi connectivity index (χ0n) is 19.5. The highest BCUT2D eigenvalue weighted by atomic mass is 35.5. The van der Waals surface area contributed by atoms with Crippen LogP contribution in [0.4, 0.5) is 19.0 Å². The minimum atomic E-state index is -2.99. The van der Waals surface area contributed by atoms with Gasteiger partial charge in [0.15, 0.2) is 11.5 Å². The fourth-order valence-corrected chi connectivity index (χ4v) is 4.92. The van der Waals surface area contributed by atoms with Crippen molar-refractivity contribution in [1.29, 1.82) is 5.26 Å². The number of carbonyl (C=O) groups excluding carboxylic acids is 1. The second kappa shape index (κ2) is 8.59. The molecule has 0 spiro atoms. The SMILES string of the molecule is Cc1nc2c(C#N)c(C(F)F)nn2c(N2CC(C(=O)NC3CC3)C2)c1-c1ccnc2c(F)c(Cl)ccc12. The van der Waals surface area contributed by atoms with Gasteiger partial charge in [0.1, 0.15) is 28.7 Å². The first-order valence-electron chi connectivity index (χ1n) is 11.7. The van der Waals surface area contributed by atoms with E-state index in [0.29, 0.717) is 41.1 Å². The first kappa shape index (κ1) is 23.5. The van der Waals surface area contributed by atoms with Gasteiger partial charge in [-0.15, -0.1) is 0 Å². The Balaban J connectivity index is 1.57. The number of nitriles is 1. The molecule has 0 atom stereocenters. The molecule has 0 radical (unpaired) electrons. The molecule has 1 aromatic carbocycles. The first-order chi connectivity index (χ1) is 17.8. The molecule has 1 saturated carbocycles. The summed E-state index contributed by atoms with van der Waals surface area (Å²) >= 11 is 5.97. The van der Waals surface area contributed by atoms with Crippen LogP contribution in [0.1, 0.15) is 36.2 Å². The summed E-state index contributed by atoms with van der Waals surface area (Å²) in [5.74, 6) is -0.632. The summed E-state index contributed by atoms with van der Waals surface area (Å²) in [6.07, 6.45) is 0.375. The van der Waals surface area contributed by atoms with Gasteiger partial charge in [0.2, 0.25) is 5.91 Å². The molecule has 37 heavy (non-hydrogen) atoms. The van der Waals surface area contributed by atoms with Gasteiger partial charge in [-0.25, -0.2) is 18.2 Å². The number of pyridine rings is 1. The highest BCUT2D eigenvalue weighted by Crippen LogP contribution is 2.42. The number of amides is 1. The van der Waals surface area contributed by atoms with E-state index >= 15 is 0 Å². The number of fused-ring (bicyclic) bond motifs is 2. The highest BCUT2D eigenvalue weighted by molar-refractivity contribution is 6.31. The minimum absolute atomic E-state index is 0.00693.